The van der Waals surface area contributed by atoms with Gasteiger partial charge in [0, 0.05) is 10.8 Å². The summed E-state index contributed by atoms with van der Waals surface area (Å²) in [5.74, 6) is 10.6. The molecule has 0 aromatic carbocycles. The molecule has 10 rings (SSSR count). The third-order valence-electron chi connectivity index (χ3n) is 11.6. The van der Waals surface area contributed by atoms with E-state index in [0.717, 1.165) is 72.4 Å². The summed E-state index contributed by atoms with van der Waals surface area (Å²) in [5, 5.41) is 0. The fourth-order valence-corrected chi connectivity index (χ4v) is 12.4. The van der Waals surface area contributed by atoms with E-state index in [0.29, 0.717) is 23.0 Å². The van der Waals surface area contributed by atoms with Gasteiger partial charge in [-0.3, -0.25) is 0 Å². The van der Waals surface area contributed by atoms with Gasteiger partial charge in [0.05, 0.1) is 25.4 Å². The molecular weight excluding hydrogens is 272 g/mol. The van der Waals surface area contributed by atoms with Crippen molar-refractivity contribution in [2.24, 2.45) is 70.0 Å². The Labute approximate surface area is 131 Å². The van der Waals surface area contributed by atoms with Gasteiger partial charge in [-0.05, 0) is 84.9 Å². The summed E-state index contributed by atoms with van der Waals surface area (Å²) in [7, 11) is 0. The van der Waals surface area contributed by atoms with Gasteiger partial charge in [0.15, 0.2) is 0 Å². The normalized spacial score (nSPS) is 85.1. The van der Waals surface area contributed by atoms with Crippen LogP contribution in [-0.4, -0.2) is 25.4 Å². The zero-order valence-electron chi connectivity index (χ0n) is 13.0. The van der Waals surface area contributed by atoms with E-state index in [1.807, 2.05) is 0 Å². The lowest BCUT2D eigenvalue weighted by molar-refractivity contribution is -0.275. The molecule has 8 saturated carbocycles. The molecule has 22 heavy (non-hydrogen) atoms. The molecule has 2 saturated heterocycles. The molecule has 2 spiro atoms. The molecule has 116 valence electrons. The average Bonchev–Trinajstić information content (AvgIpc) is 3.29. The van der Waals surface area contributed by atoms with Gasteiger partial charge in [-0.2, -0.15) is 0 Å². The van der Waals surface area contributed by atoms with E-state index in [1.54, 1.807) is 0 Å². The quantitative estimate of drug-likeness (QED) is 0.684. The van der Waals surface area contributed by atoms with Gasteiger partial charge < -0.3 is 9.47 Å². The Balaban J connectivity index is 1.41. The van der Waals surface area contributed by atoms with Crippen molar-refractivity contribution in [2.45, 2.75) is 37.9 Å². The van der Waals surface area contributed by atoms with Crippen LogP contribution < -0.4 is 0 Å². The van der Waals surface area contributed by atoms with Gasteiger partial charge in [-0.1, -0.05) is 0 Å². The summed E-state index contributed by atoms with van der Waals surface area (Å²) in [6.07, 6.45) is 7.09. The first-order valence-electron chi connectivity index (χ1n) is 10.1. The molecule has 8 bridgehead atoms. The Morgan fingerprint density at radius 1 is 0.545 bits per heavy atom. The van der Waals surface area contributed by atoms with Gasteiger partial charge in [0.25, 0.3) is 0 Å². The SMILES string of the molecule is C1C[C@H]2OC[C@]34[C@H]5[C@H]6[C@H]7[C@H]8[C@H]9[C@@H](CC[C@H]9OC[C@@]83[C@@H]6[C@H]1[C@H]52)[C@H]74. The van der Waals surface area contributed by atoms with Crippen LogP contribution >= 0.6 is 0 Å². The van der Waals surface area contributed by atoms with Gasteiger partial charge in [-0.25, -0.2) is 0 Å². The molecule has 2 heterocycles. The molecule has 0 aromatic rings. The highest BCUT2D eigenvalue weighted by Gasteiger charge is 2.98. The minimum absolute atomic E-state index is 0.607. The van der Waals surface area contributed by atoms with E-state index < -0.39 is 0 Å². The van der Waals surface area contributed by atoms with Crippen LogP contribution in [0.5, 0.6) is 0 Å². The van der Waals surface area contributed by atoms with Crippen LogP contribution in [0.2, 0.25) is 0 Å². The zero-order chi connectivity index (χ0) is 13.6. The molecule has 0 radical (unpaired) electrons. The van der Waals surface area contributed by atoms with Gasteiger partial charge >= 0.3 is 0 Å². The number of hydrogen-bond donors (Lipinski definition) is 0. The molecule has 0 unspecified atom stereocenters. The lowest BCUT2D eigenvalue weighted by Gasteiger charge is -2.65. The van der Waals surface area contributed by atoms with Crippen molar-refractivity contribution >= 4 is 0 Å². The highest BCUT2D eigenvalue weighted by molar-refractivity contribution is 5.44. The van der Waals surface area contributed by atoms with Crippen LogP contribution in [0.1, 0.15) is 25.7 Å². The fourth-order valence-electron chi connectivity index (χ4n) is 12.4. The Morgan fingerprint density at radius 3 is 1.55 bits per heavy atom. The average molecular weight is 296 g/mol. The molecule has 10 aliphatic rings. The van der Waals surface area contributed by atoms with Crippen LogP contribution in [-0.2, 0) is 9.47 Å². The Bertz CT molecular complexity index is 588. The predicted octanol–water partition coefficient (Wildman–Crippen LogP) is 2.57. The van der Waals surface area contributed by atoms with Crippen LogP contribution in [0.15, 0.2) is 0 Å². The van der Waals surface area contributed by atoms with E-state index in [4.69, 9.17) is 9.47 Å². The van der Waals surface area contributed by atoms with E-state index in [2.05, 4.69) is 0 Å². The summed E-state index contributed by atoms with van der Waals surface area (Å²) < 4.78 is 13.3. The van der Waals surface area contributed by atoms with Crippen molar-refractivity contribution in [3.63, 3.8) is 0 Å². The van der Waals surface area contributed by atoms with Crippen LogP contribution in [0.25, 0.3) is 0 Å². The fraction of sp³-hybridized carbons (Fsp3) is 1.00. The van der Waals surface area contributed by atoms with E-state index >= 15 is 0 Å². The summed E-state index contributed by atoms with van der Waals surface area (Å²) >= 11 is 0. The second kappa shape index (κ2) is 2.65. The molecule has 14 atom stereocenters. The van der Waals surface area contributed by atoms with Crippen molar-refractivity contribution in [3.05, 3.63) is 0 Å². The lowest BCUT2D eigenvalue weighted by atomic mass is 9.43. The molecule has 0 aromatic heterocycles. The first-order valence-corrected chi connectivity index (χ1v) is 10.1. The van der Waals surface area contributed by atoms with E-state index in [9.17, 15) is 0 Å². The second-order valence-electron chi connectivity index (χ2n) is 10.7. The lowest BCUT2D eigenvalue weighted by Crippen LogP contribution is -2.67. The van der Waals surface area contributed by atoms with Crippen LogP contribution in [0, 0.1) is 70.0 Å². The highest BCUT2D eigenvalue weighted by atomic mass is 16.5. The van der Waals surface area contributed by atoms with Gasteiger partial charge in [-0.15, -0.1) is 0 Å². The van der Waals surface area contributed by atoms with Gasteiger partial charge in [0.1, 0.15) is 0 Å². The summed E-state index contributed by atoms with van der Waals surface area (Å²) in [5.41, 5.74) is 1.21. The van der Waals surface area contributed by atoms with Crippen molar-refractivity contribution in [1.82, 2.24) is 0 Å². The van der Waals surface area contributed by atoms with Crippen LogP contribution in [0.3, 0.4) is 0 Å². The smallest absolute Gasteiger partial charge is 0.0609 e. The van der Waals surface area contributed by atoms with Crippen molar-refractivity contribution < 1.29 is 9.47 Å². The Kier molecular flexibility index (Phi) is 1.29. The summed E-state index contributed by atoms with van der Waals surface area (Å²) in [6, 6.07) is 0. The Hall–Kier alpha value is -0.0800. The predicted molar refractivity (Wildman–Crippen MR) is 77.7 cm³/mol. The molecule has 0 amide bonds. The van der Waals surface area contributed by atoms with Crippen molar-refractivity contribution in [2.75, 3.05) is 13.2 Å². The monoisotopic (exact) mass is 296 g/mol. The number of hydrogen-bond acceptors (Lipinski definition) is 2. The maximum atomic E-state index is 6.64. The van der Waals surface area contributed by atoms with Crippen molar-refractivity contribution in [1.29, 1.82) is 0 Å². The minimum Gasteiger partial charge on any atom is -0.377 e. The molecule has 2 nitrogen and oxygen atoms in total. The highest BCUT2D eigenvalue weighted by Crippen LogP contribution is 2.98. The molecule has 8 aliphatic carbocycles. The molecule has 2 aliphatic heterocycles. The molecular formula is C20H24O2. The maximum absolute atomic E-state index is 6.64. The molecule has 0 N–H and O–H groups in total. The second-order valence-corrected chi connectivity index (χ2v) is 10.7. The van der Waals surface area contributed by atoms with E-state index in [1.165, 1.54) is 25.7 Å². The summed E-state index contributed by atoms with van der Waals surface area (Å²) in [4.78, 5) is 0. The van der Waals surface area contributed by atoms with Crippen molar-refractivity contribution in [3.8, 4) is 0 Å². The largest absolute Gasteiger partial charge is 0.377 e. The third kappa shape index (κ3) is 0.624. The zero-order valence-corrected chi connectivity index (χ0v) is 13.0. The Morgan fingerprint density at radius 2 is 1.05 bits per heavy atom. The third-order valence-corrected chi connectivity index (χ3v) is 11.6. The molecule has 10 fully saturated rings. The first-order chi connectivity index (χ1) is 10.9. The topological polar surface area (TPSA) is 18.5 Å². The number of rotatable bonds is 0. The first kappa shape index (κ1) is 10.7. The van der Waals surface area contributed by atoms with E-state index in [-0.39, 0.29) is 0 Å². The maximum Gasteiger partial charge on any atom is 0.0609 e. The summed E-state index contributed by atoms with van der Waals surface area (Å²) in [6.45, 7) is 2.29. The standard InChI is InChI=1S/C20H24O2/c1-3-9-11-7(1)15-13-14-16-8-2-4-10-12(8)18(14)19(15,5-22-10)20(16,6-21-9)17(11)13/h7-18H,1-6H2/t7-,8-,9-,10-,11+,12+,13-,14+,15-,16-,17-,18-,19+,20-/m1/s1. The minimum atomic E-state index is 0.607. The van der Waals surface area contributed by atoms with Crippen LogP contribution in [0.4, 0.5) is 0 Å². The molecule has 2 heteroatoms. The van der Waals surface area contributed by atoms with Gasteiger partial charge in [0.2, 0.25) is 0 Å². The number of ether oxygens (including phenoxy) is 2.